The highest BCUT2D eigenvalue weighted by atomic mass is 32.2. The minimum Gasteiger partial charge on any atom is -0.545 e. The number of hydrogen-bond acceptors (Lipinski definition) is 7. The largest absolute Gasteiger partial charge is 0.545 e. The molecule has 0 atom stereocenters. The van der Waals surface area contributed by atoms with Gasteiger partial charge in [-0.15, -0.1) is 0 Å². The summed E-state index contributed by atoms with van der Waals surface area (Å²) in [5, 5.41) is 10.5. The summed E-state index contributed by atoms with van der Waals surface area (Å²) >= 11 is 0.858. The van der Waals surface area contributed by atoms with E-state index >= 15 is 0 Å². The summed E-state index contributed by atoms with van der Waals surface area (Å²) in [5.41, 5.74) is 1.41. The number of benzene rings is 2. The molecule has 0 aromatic heterocycles. The van der Waals surface area contributed by atoms with Gasteiger partial charge in [-0.2, -0.15) is 0 Å². The molecule has 1 saturated heterocycles. The van der Waals surface area contributed by atoms with E-state index in [2.05, 4.69) is 0 Å². The molecule has 0 N–H and O–H groups in total. The number of para-hydroxylation sites is 1. The van der Waals surface area contributed by atoms with E-state index in [9.17, 15) is 19.5 Å². The maximum Gasteiger partial charge on any atom is 0.293 e. The molecule has 0 unspecified atom stereocenters. The van der Waals surface area contributed by atoms with Gasteiger partial charge < -0.3 is 19.4 Å². The maximum absolute atomic E-state index is 12.1. The second kappa shape index (κ2) is 8.18. The topological polar surface area (TPSA) is 96.0 Å². The molecule has 0 saturated carbocycles. The Balaban J connectivity index is 1.87. The predicted molar refractivity (Wildman–Crippen MR) is 102 cm³/mol. The first-order valence-corrected chi connectivity index (χ1v) is 9.04. The first-order chi connectivity index (χ1) is 13.4. The standard InChI is InChI=1S/C20H17NO6S/c1-21-18(22)16(28-20(21)25)10-14-4-3-5-15(26-2)17(14)27-11-12-6-8-13(9-7-12)19(23)24/h3-10H,11H2,1-2H3,(H,23,24)/p-1/b16-10+. The Morgan fingerprint density at radius 3 is 2.46 bits per heavy atom. The van der Waals surface area contributed by atoms with Crippen LogP contribution in [0.3, 0.4) is 0 Å². The van der Waals surface area contributed by atoms with Gasteiger partial charge >= 0.3 is 0 Å². The molecule has 0 bridgehead atoms. The molecule has 0 aliphatic carbocycles. The molecule has 8 heteroatoms. The van der Waals surface area contributed by atoms with Gasteiger partial charge in [0.1, 0.15) is 6.61 Å². The summed E-state index contributed by atoms with van der Waals surface area (Å²) in [6, 6.07) is 11.4. The van der Waals surface area contributed by atoms with Crippen LogP contribution in [0.1, 0.15) is 21.5 Å². The number of imide groups is 1. The van der Waals surface area contributed by atoms with Crippen LogP contribution in [0, 0.1) is 0 Å². The van der Waals surface area contributed by atoms with Crippen molar-refractivity contribution in [2.75, 3.05) is 14.2 Å². The molecule has 1 aliphatic rings. The molecule has 0 radical (unpaired) electrons. The van der Waals surface area contributed by atoms with Gasteiger partial charge in [-0.05, 0) is 35.0 Å². The molecule has 7 nitrogen and oxygen atoms in total. The lowest BCUT2D eigenvalue weighted by molar-refractivity contribution is -0.255. The number of aromatic carboxylic acids is 1. The second-order valence-corrected chi connectivity index (χ2v) is 6.89. The third-order valence-electron chi connectivity index (χ3n) is 4.08. The summed E-state index contributed by atoms with van der Waals surface area (Å²) in [7, 11) is 2.93. The van der Waals surface area contributed by atoms with Gasteiger partial charge in [-0.25, -0.2) is 0 Å². The number of carboxylic acid groups (broad SMARTS) is 1. The Morgan fingerprint density at radius 1 is 1.18 bits per heavy atom. The Hall–Kier alpha value is -3.26. The van der Waals surface area contributed by atoms with Crippen molar-refractivity contribution in [1.82, 2.24) is 4.90 Å². The van der Waals surface area contributed by atoms with Gasteiger partial charge in [0, 0.05) is 12.6 Å². The lowest BCUT2D eigenvalue weighted by Crippen LogP contribution is -2.22. The Labute approximate surface area is 165 Å². The van der Waals surface area contributed by atoms with Crippen LogP contribution in [0.5, 0.6) is 11.5 Å². The van der Waals surface area contributed by atoms with E-state index in [1.165, 1.54) is 26.3 Å². The summed E-state index contributed by atoms with van der Waals surface area (Å²) in [4.78, 5) is 36.0. The van der Waals surface area contributed by atoms with Gasteiger partial charge in [0.25, 0.3) is 11.1 Å². The zero-order chi connectivity index (χ0) is 20.3. The van der Waals surface area contributed by atoms with E-state index in [0.29, 0.717) is 22.0 Å². The van der Waals surface area contributed by atoms with Crippen molar-refractivity contribution >= 4 is 35.0 Å². The molecular formula is C20H16NO6S-. The number of carboxylic acids is 1. The number of hydrogen-bond donors (Lipinski definition) is 0. The number of carbonyl (C=O) groups excluding carboxylic acids is 3. The first kappa shape index (κ1) is 19.5. The highest BCUT2D eigenvalue weighted by molar-refractivity contribution is 8.18. The zero-order valence-corrected chi connectivity index (χ0v) is 15.9. The van der Waals surface area contributed by atoms with Crippen LogP contribution in [-0.4, -0.2) is 36.2 Å². The van der Waals surface area contributed by atoms with Crippen molar-refractivity contribution in [2.24, 2.45) is 0 Å². The van der Waals surface area contributed by atoms with Gasteiger partial charge in [0.15, 0.2) is 11.5 Å². The van der Waals surface area contributed by atoms with Crippen molar-refractivity contribution in [1.29, 1.82) is 0 Å². The molecule has 2 aromatic rings. The van der Waals surface area contributed by atoms with Crippen LogP contribution in [0.25, 0.3) is 6.08 Å². The monoisotopic (exact) mass is 398 g/mol. The zero-order valence-electron chi connectivity index (χ0n) is 15.1. The minimum absolute atomic E-state index is 0.0806. The fourth-order valence-corrected chi connectivity index (χ4v) is 3.36. The molecule has 0 spiro atoms. The van der Waals surface area contributed by atoms with Gasteiger partial charge in [-0.3, -0.25) is 14.5 Å². The Kier molecular flexibility index (Phi) is 5.70. The van der Waals surface area contributed by atoms with E-state index in [4.69, 9.17) is 9.47 Å². The van der Waals surface area contributed by atoms with Crippen LogP contribution in [0.2, 0.25) is 0 Å². The molecule has 1 heterocycles. The smallest absolute Gasteiger partial charge is 0.293 e. The lowest BCUT2D eigenvalue weighted by atomic mass is 10.1. The first-order valence-electron chi connectivity index (χ1n) is 8.22. The molecule has 2 amide bonds. The van der Waals surface area contributed by atoms with E-state index in [0.717, 1.165) is 22.2 Å². The molecule has 2 aromatic carbocycles. The Bertz CT molecular complexity index is 967. The van der Waals surface area contributed by atoms with Crippen molar-refractivity contribution in [3.05, 3.63) is 64.1 Å². The van der Waals surface area contributed by atoms with E-state index in [1.807, 2.05) is 0 Å². The number of amides is 2. The molecule has 28 heavy (non-hydrogen) atoms. The number of rotatable bonds is 6. The number of nitrogens with zero attached hydrogens (tertiary/aromatic N) is 1. The number of thioether (sulfide) groups is 1. The summed E-state index contributed by atoms with van der Waals surface area (Å²) in [5.74, 6) is -0.737. The van der Waals surface area contributed by atoms with Gasteiger partial charge in [0.05, 0.1) is 18.0 Å². The minimum atomic E-state index is -1.25. The highest BCUT2D eigenvalue weighted by Crippen LogP contribution is 2.37. The molecule has 144 valence electrons. The van der Waals surface area contributed by atoms with Crippen molar-refractivity contribution in [3.8, 4) is 11.5 Å². The van der Waals surface area contributed by atoms with Crippen LogP contribution in [0.15, 0.2) is 47.4 Å². The predicted octanol–water partition coefficient (Wildman–Crippen LogP) is 2.30. The quantitative estimate of drug-likeness (QED) is 0.689. The molecule has 1 aliphatic heterocycles. The third-order valence-corrected chi connectivity index (χ3v) is 5.04. The SMILES string of the molecule is COc1cccc(/C=C2/SC(=O)N(C)C2=O)c1OCc1ccc(C(=O)[O-])cc1. The number of ether oxygens (including phenoxy) is 2. The van der Waals surface area contributed by atoms with Gasteiger partial charge in [-0.1, -0.05) is 36.4 Å². The second-order valence-electron chi connectivity index (χ2n) is 5.89. The average molecular weight is 398 g/mol. The highest BCUT2D eigenvalue weighted by Gasteiger charge is 2.32. The van der Waals surface area contributed by atoms with Crippen molar-refractivity contribution in [3.63, 3.8) is 0 Å². The van der Waals surface area contributed by atoms with E-state index in [-0.39, 0.29) is 23.3 Å². The van der Waals surface area contributed by atoms with Gasteiger partial charge in [0.2, 0.25) is 0 Å². The Morgan fingerprint density at radius 2 is 1.89 bits per heavy atom. The number of methoxy groups -OCH3 is 1. The lowest BCUT2D eigenvalue weighted by Gasteiger charge is -2.14. The molecular weight excluding hydrogens is 382 g/mol. The summed E-state index contributed by atoms with van der Waals surface area (Å²) in [6.07, 6.45) is 1.59. The molecule has 1 fully saturated rings. The normalized spacial score (nSPS) is 15.2. The summed E-state index contributed by atoms with van der Waals surface area (Å²) in [6.45, 7) is 0.157. The molecule has 3 rings (SSSR count). The van der Waals surface area contributed by atoms with Crippen molar-refractivity contribution < 1.29 is 29.0 Å². The van der Waals surface area contributed by atoms with Crippen LogP contribution in [0.4, 0.5) is 4.79 Å². The fourth-order valence-electron chi connectivity index (χ4n) is 2.54. The maximum atomic E-state index is 12.1. The van der Waals surface area contributed by atoms with Crippen LogP contribution < -0.4 is 14.6 Å². The third kappa shape index (κ3) is 4.01. The van der Waals surface area contributed by atoms with Crippen LogP contribution >= 0.6 is 11.8 Å². The van der Waals surface area contributed by atoms with Crippen molar-refractivity contribution in [2.45, 2.75) is 6.61 Å². The van der Waals surface area contributed by atoms with E-state index in [1.54, 1.807) is 36.4 Å². The number of carbonyl (C=O) groups is 3. The summed E-state index contributed by atoms with van der Waals surface area (Å²) < 4.78 is 11.2. The fraction of sp³-hybridized carbons (Fsp3) is 0.150. The number of likely N-dealkylation sites (N-methyl/N-ethyl adjacent to an activating group) is 1. The average Bonchev–Trinajstić information content (AvgIpc) is 2.93. The van der Waals surface area contributed by atoms with E-state index < -0.39 is 5.97 Å². The van der Waals surface area contributed by atoms with Crippen LogP contribution in [-0.2, 0) is 11.4 Å².